The van der Waals surface area contributed by atoms with Gasteiger partial charge in [-0.2, -0.15) is 4.31 Å². The van der Waals surface area contributed by atoms with Crippen LogP contribution in [0.3, 0.4) is 0 Å². The van der Waals surface area contributed by atoms with Crippen molar-refractivity contribution in [2.75, 3.05) is 31.1 Å². The number of benzene rings is 1. The zero-order valence-corrected chi connectivity index (χ0v) is 15.3. The van der Waals surface area contributed by atoms with Gasteiger partial charge in [-0.15, -0.1) is 0 Å². The van der Waals surface area contributed by atoms with E-state index < -0.39 is 14.9 Å². The smallest absolute Gasteiger partial charge is 0.305 e. The number of rotatable bonds is 4. The largest absolute Gasteiger partial charge is 0.338 e. The number of aryl methyl sites for hydroxylation is 2. The van der Waals surface area contributed by atoms with Crippen molar-refractivity contribution in [3.05, 3.63) is 51.8 Å². The standard InChI is InChI=1S/C16H19N5O4S/c1-12-3-4-15(13(2)9-12)26(24,25)20-7-5-19(6-8-20)16-17-10-14(11-18-16)21(22)23/h3-4,9-11H,5-8H2,1-2H3. The van der Waals surface area contributed by atoms with Crippen molar-refractivity contribution in [2.45, 2.75) is 18.7 Å². The van der Waals surface area contributed by atoms with Crippen molar-refractivity contribution in [3.8, 4) is 0 Å². The lowest BCUT2D eigenvalue weighted by Crippen LogP contribution is -2.49. The van der Waals surface area contributed by atoms with Gasteiger partial charge >= 0.3 is 5.69 Å². The first-order chi connectivity index (χ1) is 12.3. The van der Waals surface area contributed by atoms with E-state index in [1.54, 1.807) is 19.1 Å². The number of hydrogen-bond donors (Lipinski definition) is 0. The topological polar surface area (TPSA) is 110 Å². The molecule has 0 spiro atoms. The van der Waals surface area contributed by atoms with Gasteiger partial charge in [0.15, 0.2) is 0 Å². The SMILES string of the molecule is Cc1ccc(S(=O)(=O)N2CCN(c3ncc([N+](=O)[O-])cn3)CC2)c(C)c1. The molecule has 1 aliphatic rings. The van der Waals surface area contributed by atoms with Gasteiger partial charge in [-0.1, -0.05) is 17.7 Å². The molecule has 26 heavy (non-hydrogen) atoms. The van der Waals surface area contributed by atoms with E-state index in [1.807, 2.05) is 17.9 Å². The number of hydrogen-bond acceptors (Lipinski definition) is 7. The molecule has 0 amide bonds. The Morgan fingerprint density at radius 2 is 1.69 bits per heavy atom. The fourth-order valence-corrected chi connectivity index (χ4v) is 4.56. The summed E-state index contributed by atoms with van der Waals surface area (Å²) in [5.74, 6) is 0.360. The van der Waals surface area contributed by atoms with E-state index in [-0.39, 0.29) is 5.69 Å². The summed E-state index contributed by atoms with van der Waals surface area (Å²) < 4.78 is 27.2. The molecule has 0 unspecified atom stereocenters. The number of nitrogens with zero attached hydrogens (tertiary/aromatic N) is 5. The molecule has 1 fully saturated rings. The van der Waals surface area contributed by atoms with Crippen LogP contribution < -0.4 is 4.90 Å². The van der Waals surface area contributed by atoms with Crippen LogP contribution in [-0.4, -0.2) is 53.8 Å². The second-order valence-corrected chi connectivity index (χ2v) is 8.06. The molecular formula is C16H19N5O4S. The van der Waals surface area contributed by atoms with Crippen LogP contribution in [0, 0.1) is 24.0 Å². The second kappa shape index (κ2) is 6.96. The molecule has 1 aromatic carbocycles. The minimum absolute atomic E-state index is 0.176. The Labute approximate surface area is 151 Å². The molecule has 138 valence electrons. The Balaban J connectivity index is 1.72. The van der Waals surface area contributed by atoms with E-state index in [4.69, 9.17) is 0 Å². The Morgan fingerprint density at radius 1 is 1.08 bits per heavy atom. The summed E-state index contributed by atoms with van der Waals surface area (Å²) in [6.45, 7) is 5.16. The van der Waals surface area contributed by atoms with Gasteiger partial charge in [0.25, 0.3) is 0 Å². The predicted molar refractivity (Wildman–Crippen MR) is 95.6 cm³/mol. The maximum Gasteiger partial charge on any atom is 0.305 e. The van der Waals surface area contributed by atoms with Gasteiger partial charge in [0, 0.05) is 26.2 Å². The molecule has 2 aromatic rings. The van der Waals surface area contributed by atoms with E-state index in [9.17, 15) is 18.5 Å². The molecule has 0 aliphatic carbocycles. The average Bonchev–Trinajstić information content (AvgIpc) is 2.61. The highest BCUT2D eigenvalue weighted by molar-refractivity contribution is 7.89. The van der Waals surface area contributed by atoms with Crippen LogP contribution in [0.25, 0.3) is 0 Å². The van der Waals surface area contributed by atoms with Crippen LogP contribution in [-0.2, 0) is 10.0 Å². The quantitative estimate of drug-likeness (QED) is 0.587. The molecule has 1 aliphatic heterocycles. The predicted octanol–water partition coefficient (Wildman–Crippen LogP) is 1.51. The van der Waals surface area contributed by atoms with Crippen molar-refractivity contribution >= 4 is 21.7 Å². The molecule has 9 nitrogen and oxygen atoms in total. The van der Waals surface area contributed by atoms with E-state index in [0.29, 0.717) is 37.0 Å². The van der Waals surface area contributed by atoms with Gasteiger partial charge < -0.3 is 4.90 Å². The van der Waals surface area contributed by atoms with Gasteiger partial charge in [-0.3, -0.25) is 10.1 Å². The highest BCUT2D eigenvalue weighted by atomic mass is 32.2. The summed E-state index contributed by atoms with van der Waals surface area (Å²) >= 11 is 0. The maximum atomic E-state index is 12.9. The highest BCUT2D eigenvalue weighted by Crippen LogP contribution is 2.23. The molecule has 3 rings (SSSR count). The first-order valence-corrected chi connectivity index (χ1v) is 9.52. The molecule has 1 aromatic heterocycles. The molecule has 0 atom stereocenters. The lowest BCUT2D eigenvalue weighted by atomic mass is 10.2. The van der Waals surface area contributed by atoms with Crippen LogP contribution in [0.1, 0.15) is 11.1 Å². The van der Waals surface area contributed by atoms with Crippen molar-refractivity contribution in [1.82, 2.24) is 14.3 Å². The fourth-order valence-electron chi connectivity index (χ4n) is 2.93. The third-order valence-electron chi connectivity index (χ3n) is 4.31. The Kier molecular flexibility index (Phi) is 4.88. The summed E-state index contributed by atoms with van der Waals surface area (Å²) in [6.07, 6.45) is 2.31. The molecule has 0 radical (unpaired) electrons. The van der Waals surface area contributed by atoms with Crippen molar-refractivity contribution < 1.29 is 13.3 Å². The zero-order chi connectivity index (χ0) is 18.9. The molecule has 1 saturated heterocycles. The first kappa shape index (κ1) is 18.2. The Morgan fingerprint density at radius 3 is 2.23 bits per heavy atom. The number of aromatic nitrogens is 2. The monoisotopic (exact) mass is 377 g/mol. The van der Waals surface area contributed by atoms with Crippen molar-refractivity contribution in [3.63, 3.8) is 0 Å². The third kappa shape index (κ3) is 3.51. The normalized spacial score (nSPS) is 15.8. The van der Waals surface area contributed by atoms with Gasteiger partial charge in [-0.05, 0) is 25.5 Å². The number of nitro groups is 1. The van der Waals surface area contributed by atoms with Crippen LogP contribution in [0.5, 0.6) is 0 Å². The Hall–Kier alpha value is -2.59. The maximum absolute atomic E-state index is 12.9. The fraction of sp³-hybridized carbons (Fsp3) is 0.375. The summed E-state index contributed by atoms with van der Waals surface area (Å²) in [5, 5.41) is 10.7. The van der Waals surface area contributed by atoms with Crippen LogP contribution >= 0.6 is 0 Å². The van der Waals surface area contributed by atoms with Gasteiger partial charge in [0.1, 0.15) is 12.4 Å². The van der Waals surface area contributed by atoms with Crippen LogP contribution in [0.2, 0.25) is 0 Å². The summed E-state index contributed by atoms with van der Waals surface area (Å²) in [6, 6.07) is 5.29. The van der Waals surface area contributed by atoms with E-state index in [1.165, 1.54) is 4.31 Å². The number of sulfonamides is 1. The molecular weight excluding hydrogens is 358 g/mol. The lowest BCUT2D eigenvalue weighted by molar-refractivity contribution is -0.385. The number of anilines is 1. The van der Waals surface area contributed by atoms with E-state index >= 15 is 0 Å². The average molecular weight is 377 g/mol. The minimum Gasteiger partial charge on any atom is -0.338 e. The summed E-state index contributed by atoms with van der Waals surface area (Å²) in [4.78, 5) is 20.2. The minimum atomic E-state index is -3.56. The van der Waals surface area contributed by atoms with Gasteiger partial charge in [0.2, 0.25) is 16.0 Å². The molecule has 0 N–H and O–H groups in total. The molecule has 0 bridgehead atoms. The molecule has 10 heteroatoms. The summed E-state index contributed by atoms with van der Waals surface area (Å²) in [7, 11) is -3.56. The van der Waals surface area contributed by atoms with E-state index in [2.05, 4.69) is 9.97 Å². The van der Waals surface area contributed by atoms with Crippen LogP contribution in [0.15, 0.2) is 35.5 Å². The number of piperazine rings is 1. The zero-order valence-electron chi connectivity index (χ0n) is 14.5. The Bertz CT molecular complexity index is 922. The third-order valence-corrected chi connectivity index (χ3v) is 6.36. The summed E-state index contributed by atoms with van der Waals surface area (Å²) in [5.41, 5.74) is 1.57. The van der Waals surface area contributed by atoms with Gasteiger partial charge in [-0.25, -0.2) is 18.4 Å². The van der Waals surface area contributed by atoms with E-state index in [0.717, 1.165) is 23.5 Å². The van der Waals surface area contributed by atoms with Crippen LogP contribution in [0.4, 0.5) is 11.6 Å². The second-order valence-electron chi connectivity index (χ2n) is 6.16. The highest BCUT2D eigenvalue weighted by Gasteiger charge is 2.30. The molecule has 0 saturated carbocycles. The lowest BCUT2D eigenvalue weighted by Gasteiger charge is -2.34. The van der Waals surface area contributed by atoms with Crippen molar-refractivity contribution in [2.24, 2.45) is 0 Å². The molecule has 2 heterocycles. The first-order valence-electron chi connectivity index (χ1n) is 8.08. The van der Waals surface area contributed by atoms with Gasteiger partial charge in [0.05, 0.1) is 9.82 Å². The van der Waals surface area contributed by atoms with Crippen molar-refractivity contribution in [1.29, 1.82) is 0 Å².